The smallest absolute Gasteiger partial charge is 0.246 e. The number of morpholine rings is 1. The summed E-state index contributed by atoms with van der Waals surface area (Å²) in [4.78, 5) is 5.65. The van der Waals surface area contributed by atoms with E-state index in [4.69, 9.17) is 9.26 Å². The molecule has 2 heterocycles. The Hall–Kier alpha value is -1.37. The van der Waals surface area contributed by atoms with E-state index in [1.165, 1.54) is 10.5 Å². The van der Waals surface area contributed by atoms with Gasteiger partial charge < -0.3 is 14.6 Å². The number of benzene rings is 1. The van der Waals surface area contributed by atoms with Crippen LogP contribution in [0.15, 0.2) is 33.7 Å². The van der Waals surface area contributed by atoms with Gasteiger partial charge in [-0.05, 0) is 19.1 Å². The van der Waals surface area contributed by atoms with Crippen LogP contribution in [-0.2, 0) is 10.5 Å². The Bertz CT molecular complexity index is 567. The molecular formula is C14H17N3O2S. The molecule has 1 aromatic carbocycles. The molecule has 0 aliphatic carbocycles. The van der Waals surface area contributed by atoms with Crippen LogP contribution in [0.2, 0.25) is 0 Å². The number of nitrogens with one attached hydrogen (secondary N) is 1. The zero-order valence-corrected chi connectivity index (χ0v) is 12.2. The van der Waals surface area contributed by atoms with Crippen LogP contribution in [0.4, 0.5) is 0 Å². The van der Waals surface area contributed by atoms with Gasteiger partial charge in [0.25, 0.3) is 0 Å². The molecule has 5 nitrogen and oxygen atoms in total. The van der Waals surface area contributed by atoms with E-state index in [0.29, 0.717) is 18.3 Å². The predicted molar refractivity (Wildman–Crippen MR) is 76.6 cm³/mol. The van der Waals surface area contributed by atoms with Crippen molar-refractivity contribution in [1.29, 1.82) is 0 Å². The summed E-state index contributed by atoms with van der Waals surface area (Å²) in [5.41, 5.74) is 1.26. The first-order valence-corrected chi connectivity index (χ1v) is 7.63. The largest absolute Gasteiger partial charge is 0.378 e. The second-order valence-corrected chi connectivity index (χ2v) is 5.78. The van der Waals surface area contributed by atoms with E-state index < -0.39 is 0 Å². The van der Waals surface area contributed by atoms with E-state index in [-0.39, 0.29) is 6.04 Å². The van der Waals surface area contributed by atoms with Gasteiger partial charge in [-0.1, -0.05) is 22.9 Å². The number of hydrogen-bond donors (Lipinski definition) is 1. The van der Waals surface area contributed by atoms with Crippen molar-refractivity contribution in [2.45, 2.75) is 23.6 Å². The van der Waals surface area contributed by atoms with Crippen LogP contribution in [0.5, 0.6) is 0 Å². The Kier molecular flexibility index (Phi) is 4.34. The zero-order chi connectivity index (χ0) is 13.8. The van der Waals surface area contributed by atoms with Crippen molar-refractivity contribution in [3.8, 4) is 0 Å². The molecule has 2 aromatic rings. The molecule has 0 amide bonds. The van der Waals surface area contributed by atoms with Gasteiger partial charge in [-0.25, -0.2) is 0 Å². The number of aryl methyl sites for hydroxylation is 1. The molecule has 1 saturated heterocycles. The topological polar surface area (TPSA) is 60.2 Å². The van der Waals surface area contributed by atoms with Crippen molar-refractivity contribution in [3.05, 3.63) is 41.5 Å². The number of thioether (sulfide) groups is 1. The van der Waals surface area contributed by atoms with Crippen molar-refractivity contribution in [3.63, 3.8) is 0 Å². The molecule has 1 aromatic heterocycles. The molecule has 1 atom stereocenters. The van der Waals surface area contributed by atoms with Crippen LogP contribution in [-0.4, -0.2) is 29.9 Å². The molecule has 1 fully saturated rings. The minimum Gasteiger partial charge on any atom is -0.378 e. The summed E-state index contributed by atoms with van der Waals surface area (Å²) in [6.07, 6.45) is 0. The summed E-state index contributed by atoms with van der Waals surface area (Å²) >= 11 is 1.71. The minimum absolute atomic E-state index is 0.0222. The maximum absolute atomic E-state index is 5.39. The highest BCUT2D eigenvalue weighted by atomic mass is 32.2. The predicted octanol–water partition coefficient (Wildman–Crippen LogP) is 2.33. The van der Waals surface area contributed by atoms with Crippen molar-refractivity contribution < 1.29 is 9.26 Å². The monoisotopic (exact) mass is 291 g/mol. The molecule has 0 spiro atoms. The fourth-order valence-electron chi connectivity index (χ4n) is 2.04. The maximum atomic E-state index is 5.39. The summed E-state index contributed by atoms with van der Waals surface area (Å²) in [6.45, 7) is 4.24. The summed E-state index contributed by atoms with van der Waals surface area (Å²) in [5.74, 6) is 2.05. The van der Waals surface area contributed by atoms with Crippen molar-refractivity contribution in [2.24, 2.45) is 0 Å². The van der Waals surface area contributed by atoms with Crippen molar-refractivity contribution in [1.82, 2.24) is 15.5 Å². The molecule has 1 N–H and O–H groups in total. The van der Waals surface area contributed by atoms with Gasteiger partial charge in [0.2, 0.25) is 5.89 Å². The normalized spacial score (nSPS) is 19.1. The van der Waals surface area contributed by atoms with Gasteiger partial charge in [0.05, 0.1) is 19.0 Å². The van der Waals surface area contributed by atoms with E-state index >= 15 is 0 Å². The minimum atomic E-state index is 0.0222. The molecule has 1 unspecified atom stereocenters. The maximum Gasteiger partial charge on any atom is 0.246 e. The number of aromatic nitrogens is 2. The number of nitrogens with zero attached hydrogens (tertiary/aromatic N) is 2. The van der Waals surface area contributed by atoms with Crippen LogP contribution in [0.1, 0.15) is 23.3 Å². The van der Waals surface area contributed by atoms with E-state index in [0.717, 1.165) is 19.0 Å². The highest BCUT2D eigenvalue weighted by molar-refractivity contribution is 7.98. The lowest BCUT2D eigenvalue weighted by Crippen LogP contribution is -2.34. The molecule has 106 valence electrons. The fraction of sp³-hybridized carbons (Fsp3) is 0.429. The lowest BCUT2D eigenvalue weighted by atomic mass is 10.2. The first kappa shape index (κ1) is 13.6. The van der Waals surface area contributed by atoms with Gasteiger partial charge in [-0.2, -0.15) is 4.98 Å². The summed E-state index contributed by atoms with van der Waals surface area (Å²) < 4.78 is 10.7. The molecular weight excluding hydrogens is 274 g/mol. The van der Waals surface area contributed by atoms with Gasteiger partial charge in [-0.3, -0.25) is 0 Å². The first-order chi connectivity index (χ1) is 9.81. The van der Waals surface area contributed by atoms with Gasteiger partial charge >= 0.3 is 0 Å². The van der Waals surface area contributed by atoms with E-state index in [1.807, 2.05) is 0 Å². The van der Waals surface area contributed by atoms with Crippen molar-refractivity contribution >= 4 is 11.8 Å². The van der Waals surface area contributed by atoms with Crippen LogP contribution < -0.4 is 5.32 Å². The lowest BCUT2D eigenvalue weighted by molar-refractivity contribution is 0.0659. The average molecular weight is 291 g/mol. The zero-order valence-electron chi connectivity index (χ0n) is 11.3. The lowest BCUT2D eigenvalue weighted by Gasteiger charge is -2.20. The number of ether oxygens (including phenoxy) is 1. The second kappa shape index (κ2) is 6.39. The van der Waals surface area contributed by atoms with Crippen LogP contribution in [0.3, 0.4) is 0 Å². The quantitative estimate of drug-likeness (QED) is 0.872. The SMILES string of the molecule is Cc1cccc(SCc2noc(C3COCCN3)n2)c1. The fourth-order valence-corrected chi connectivity index (χ4v) is 2.90. The third-order valence-corrected chi connectivity index (χ3v) is 4.05. The third kappa shape index (κ3) is 3.39. The Labute approximate surface area is 122 Å². The third-order valence-electron chi connectivity index (χ3n) is 3.06. The van der Waals surface area contributed by atoms with Crippen molar-refractivity contribution in [2.75, 3.05) is 19.8 Å². The van der Waals surface area contributed by atoms with Gasteiger partial charge in [-0.15, -0.1) is 11.8 Å². The Morgan fingerprint density at radius 2 is 2.40 bits per heavy atom. The van der Waals surface area contributed by atoms with Gasteiger partial charge in [0.15, 0.2) is 5.82 Å². The molecule has 3 rings (SSSR count). The van der Waals surface area contributed by atoms with E-state index in [1.54, 1.807) is 11.8 Å². The summed E-state index contributed by atoms with van der Waals surface area (Å²) in [6, 6.07) is 8.42. The molecule has 0 bridgehead atoms. The summed E-state index contributed by atoms with van der Waals surface area (Å²) in [7, 11) is 0. The Balaban J connectivity index is 1.59. The molecule has 0 radical (unpaired) electrons. The molecule has 0 saturated carbocycles. The highest BCUT2D eigenvalue weighted by Crippen LogP contribution is 2.23. The van der Waals surface area contributed by atoms with E-state index in [2.05, 4.69) is 46.6 Å². The molecule has 20 heavy (non-hydrogen) atoms. The second-order valence-electron chi connectivity index (χ2n) is 4.74. The van der Waals surface area contributed by atoms with Crippen LogP contribution >= 0.6 is 11.8 Å². The Morgan fingerprint density at radius 1 is 1.45 bits per heavy atom. The molecule has 1 aliphatic rings. The Morgan fingerprint density at radius 3 is 3.20 bits per heavy atom. The standard InChI is InChI=1S/C14H17N3O2S/c1-10-3-2-4-11(7-10)20-9-13-16-14(19-17-13)12-8-18-6-5-15-12/h2-4,7,12,15H,5-6,8-9H2,1H3. The van der Waals surface area contributed by atoms with Gasteiger partial charge in [0.1, 0.15) is 6.04 Å². The first-order valence-electron chi connectivity index (χ1n) is 6.64. The van der Waals surface area contributed by atoms with E-state index in [9.17, 15) is 0 Å². The van der Waals surface area contributed by atoms with Crippen LogP contribution in [0.25, 0.3) is 0 Å². The van der Waals surface area contributed by atoms with Gasteiger partial charge in [0, 0.05) is 11.4 Å². The number of rotatable bonds is 4. The molecule has 1 aliphatic heterocycles. The average Bonchev–Trinajstić information content (AvgIpc) is 2.95. The molecule has 6 heteroatoms. The van der Waals surface area contributed by atoms with Crippen LogP contribution in [0, 0.1) is 6.92 Å². The number of hydrogen-bond acceptors (Lipinski definition) is 6. The summed E-state index contributed by atoms with van der Waals surface area (Å²) in [5, 5.41) is 7.33. The highest BCUT2D eigenvalue weighted by Gasteiger charge is 2.21.